The zero-order chi connectivity index (χ0) is 9.84. The van der Waals surface area contributed by atoms with Crippen LogP contribution in [0.15, 0.2) is 16.5 Å². The molecule has 1 atom stereocenters. The van der Waals surface area contributed by atoms with Gasteiger partial charge < -0.3 is 9.52 Å². The van der Waals surface area contributed by atoms with E-state index in [4.69, 9.17) is 9.52 Å². The van der Waals surface area contributed by atoms with E-state index < -0.39 is 12.0 Å². The molecule has 0 saturated heterocycles. The van der Waals surface area contributed by atoms with Crippen molar-refractivity contribution in [2.24, 2.45) is 0 Å². The quantitative estimate of drug-likeness (QED) is 0.735. The fourth-order valence-corrected chi connectivity index (χ4v) is 0.921. The Hall–Kier alpha value is -1.29. The van der Waals surface area contributed by atoms with Crippen LogP contribution in [0, 0.1) is 6.92 Å². The average molecular weight is 183 g/mol. The van der Waals surface area contributed by atoms with Crippen LogP contribution >= 0.6 is 0 Å². The third kappa shape index (κ3) is 2.91. The normalized spacial score (nSPS) is 12.8. The highest BCUT2D eigenvalue weighted by Crippen LogP contribution is 2.05. The van der Waals surface area contributed by atoms with Crippen LogP contribution in [-0.2, 0) is 11.3 Å². The molecule has 0 bridgehead atoms. The third-order valence-electron chi connectivity index (χ3n) is 1.75. The summed E-state index contributed by atoms with van der Waals surface area (Å²) in [6.07, 6.45) is 0. The fourth-order valence-electron chi connectivity index (χ4n) is 0.921. The fraction of sp³-hybridized carbons (Fsp3) is 0.444. The van der Waals surface area contributed by atoms with Crippen LogP contribution in [0.25, 0.3) is 0 Å². The second-order valence-electron chi connectivity index (χ2n) is 2.95. The first kappa shape index (κ1) is 9.80. The zero-order valence-corrected chi connectivity index (χ0v) is 7.70. The van der Waals surface area contributed by atoms with E-state index in [9.17, 15) is 4.79 Å². The first-order valence-corrected chi connectivity index (χ1v) is 4.11. The maximum atomic E-state index is 10.4. The zero-order valence-electron chi connectivity index (χ0n) is 7.70. The number of aliphatic carboxylic acids is 1. The predicted octanol–water partition coefficient (Wildman–Crippen LogP) is 1.15. The van der Waals surface area contributed by atoms with Gasteiger partial charge in [-0.05, 0) is 26.0 Å². The van der Waals surface area contributed by atoms with Gasteiger partial charge in [-0.15, -0.1) is 0 Å². The number of furan rings is 1. The second kappa shape index (κ2) is 4.09. The van der Waals surface area contributed by atoms with Gasteiger partial charge in [-0.3, -0.25) is 10.1 Å². The molecule has 0 radical (unpaired) electrons. The molecule has 0 aliphatic rings. The number of rotatable bonds is 4. The molecule has 1 rings (SSSR count). The van der Waals surface area contributed by atoms with E-state index >= 15 is 0 Å². The first-order valence-electron chi connectivity index (χ1n) is 4.11. The highest BCUT2D eigenvalue weighted by Gasteiger charge is 2.09. The van der Waals surface area contributed by atoms with Gasteiger partial charge in [0.2, 0.25) is 0 Å². The van der Waals surface area contributed by atoms with Crippen LogP contribution in [0.1, 0.15) is 18.4 Å². The lowest BCUT2D eigenvalue weighted by molar-refractivity contribution is -0.139. The largest absolute Gasteiger partial charge is 0.480 e. The van der Waals surface area contributed by atoms with Crippen LogP contribution < -0.4 is 5.32 Å². The van der Waals surface area contributed by atoms with Gasteiger partial charge in [-0.2, -0.15) is 0 Å². The van der Waals surface area contributed by atoms with Gasteiger partial charge in [-0.25, -0.2) is 0 Å². The van der Waals surface area contributed by atoms with Gasteiger partial charge in [-0.1, -0.05) is 0 Å². The Bertz CT molecular complexity index is 293. The van der Waals surface area contributed by atoms with Crippen LogP contribution in [0.2, 0.25) is 0 Å². The molecule has 1 aromatic rings. The monoisotopic (exact) mass is 183 g/mol. The van der Waals surface area contributed by atoms with Crippen LogP contribution in [0.4, 0.5) is 0 Å². The summed E-state index contributed by atoms with van der Waals surface area (Å²) < 4.78 is 5.26. The van der Waals surface area contributed by atoms with Gasteiger partial charge >= 0.3 is 5.97 Å². The summed E-state index contributed by atoms with van der Waals surface area (Å²) in [4.78, 5) is 10.4. The molecule has 0 spiro atoms. The summed E-state index contributed by atoms with van der Waals surface area (Å²) in [5, 5.41) is 11.4. The minimum Gasteiger partial charge on any atom is -0.480 e. The van der Waals surface area contributed by atoms with Crippen molar-refractivity contribution in [2.75, 3.05) is 0 Å². The molecule has 1 heterocycles. The van der Waals surface area contributed by atoms with Crippen LogP contribution in [0.5, 0.6) is 0 Å². The molecule has 1 aromatic heterocycles. The van der Waals surface area contributed by atoms with Crippen molar-refractivity contribution < 1.29 is 14.3 Å². The molecule has 0 amide bonds. The molecule has 13 heavy (non-hydrogen) atoms. The molecule has 0 saturated carbocycles. The number of nitrogens with one attached hydrogen (secondary N) is 1. The molecule has 0 aromatic carbocycles. The Labute approximate surface area is 76.6 Å². The summed E-state index contributed by atoms with van der Waals surface area (Å²) in [6, 6.07) is 3.13. The minimum absolute atomic E-state index is 0.446. The van der Waals surface area contributed by atoms with E-state index in [1.165, 1.54) is 0 Å². The Morgan fingerprint density at radius 2 is 2.38 bits per heavy atom. The van der Waals surface area contributed by atoms with E-state index in [1.54, 1.807) is 6.92 Å². The number of hydrogen-bond donors (Lipinski definition) is 2. The van der Waals surface area contributed by atoms with Crippen molar-refractivity contribution in [1.29, 1.82) is 0 Å². The molecule has 0 aliphatic carbocycles. The number of carbonyl (C=O) groups is 1. The summed E-state index contributed by atoms with van der Waals surface area (Å²) in [5.74, 6) is 0.730. The highest BCUT2D eigenvalue weighted by molar-refractivity contribution is 5.72. The maximum absolute atomic E-state index is 10.4. The Balaban J connectivity index is 2.39. The maximum Gasteiger partial charge on any atom is 0.320 e. The molecular weight excluding hydrogens is 170 g/mol. The molecule has 0 unspecified atom stereocenters. The van der Waals surface area contributed by atoms with Crippen molar-refractivity contribution in [3.05, 3.63) is 23.7 Å². The van der Waals surface area contributed by atoms with Gasteiger partial charge in [0, 0.05) is 0 Å². The SMILES string of the molecule is Cc1ccc(CN[C@@H](C)C(=O)O)o1. The summed E-state index contributed by atoms with van der Waals surface area (Å²) in [5.41, 5.74) is 0. The smallest absolute Gasteiger partial charge is 0.320 e. The van der Waals surface area contributed by atoms with Crippen molar-refractivity contribution in [1.82, 2.24) is 5.32 Å². The topological polar surface area (TPSA) is 62.5 Å². The average Bonchev–Trinajstić information content (AvgIpc) is 2.47. The second-order valence-corrected chi connectivity index (χ2v) is 2.95. The van der Waals surface area contributed by atoms with Gasteiger partial charge in [0.15, 0.2) is 0 Å². The van der Waals surface area contributed by atoms with E-state index in [-0.39, 0.29) is 0 Å². The Morgan fingerprint density at radius 1 is 1.69 bits per heavy atom. The highest BCUT2D eigenvalue weighted by atomic mass is 16.4. The number of hydrogen-bond acceptors (Lipinski definition) is 3. The van der Waals surface area contributed by atoms with Crippen molar-refractivity contribution in [3.63, 3.8) is 0 Å². The minimum atomic E-state index is -0.858. The third-order valence-corrected chi connectivity index (χ3v) is 1.75. The van der Waals surface area contributed by atoms with E-state index in [2.05, 4.69) is 5.32 Å². The number of aryl methyl sites for hydroxylation is 1. The van der Waals surface area contributed by atoms with Crippen molar-refractivity contribution in [2.45, 2.75) is 26.4 Å². The van der Waals surface area contributed by atoms with Crippen molar-refractivity contribution >= 4 is 5.97 Å². The summed E-state index contributed by atoms with van der Waals surface area (Å²) in [7, 11) is 0. The number of carboxylic acids is 1. The van der Waals surface area contributed by atoms with Gasteiger partial charge in [0.1, 0.15) is 17.6 Å². The van der Waals surface area contributed by atoms with Gasteiger partial charge in [0.05, 0.1) is 6.54 Å². The lowest BCUT2D eigenvalue weighted by Gasteiger charge is -2.06. The molecular formula is C9H13NO3. The summed E-state index contributed by atoms with van der Waals surface area (Å²) >= 11 is 0. The molecule has 0 aliphatic heterocycles. The standard InChI is InChI=1S/C9H13NO3/c1-6-3-4-8(13-6)5-10-7(2)9(11)12/h3-4,7,10H,5H2,1-2H3,(H,11,12)/t7-/m0/s1. The van der Waals surface area contributed by atoms with E-state index in [0.717, 1.165) is 11.5 Å². The summed E-state index contributed by atoms with van der Waals surface area (Å²) in [6.45, 7) is 3.89. The Morgan fingerprint density at radius 3 is 2.85 bits per heavy atom. The van der Waals surface area contributed by atoms with E-state index in [1.807, 2.05) is 19.1 Å². The lowest BCUT2D eigenvalue weighted by atomic mass is 10.3. The van der Waals surface area contributed by atoms with E-state index in [0.29, 0.717) is 6.54 Å². The lowest BCUT2D eigenvalue weighted by Crippen LogP contribution is -2.32. The molecule has 4 heteroatoms. The molecule has 0 fully saturated rings. The Kier molecular flexibility index (Phi) is 3.08. The predicted molar refractivity (Wildman–Crippen MR) is 47.4 cm³/mol. The number of carboxylic acid groups (broad SMARTS) is 1. The molecule has 2 N–H and O–H groups in total. The van der Waals surface area contributed by atoms with Crippen LogP contribution in [-0.4, -0.2) is 17.1 Å². The molecule has 72 valence electrons. The van der Waals surface area contributed by atoms with Gasteiger partial charge in [0.25, 0.3) is 0 Å². The molecule has 4 nitrogen and oxygen atoms in total. The van der Waals surface area contributed by atoms with Crippen LogP contribution in [0.3, 0.4) is 0 Å². The van der Waals surface area contributed by atoms with Crippen molar-refractivity contribution in [3.8, 4) is 0 Å². The first-order chi connectivity index (χ1) is 6.09.